The van der Waals surface area contributed by atoms with Gasteiger partial charge in [0.1, 0.15) is 11.5 Å². The summed E-state index contributed by atoms with van der Waals surface area (Å²) in [6, 6.07) is 9.35. The molecule has 1 N–H and O–H groups in total. The maximum atomic E-state index is 12.0. The highest BCUT2D eigenvalue weighted by Gasteiger charge is 2.13. The number of ether oxygens (including phenoxy) is 1. The number of nitrogens with one attached hydrogen (secondary N) is 1. The number of carbonyl (C=O) groups is 1. The van der Waals surface area contributed by atoms with E-state index in [4.69, 9.17) is 20.8 Å². The summed E-state index contributed by atoms with van der Waals surface area (Å²) in [5.41, 5.74) is 1.84. The van der Waals surface area contributed by atoms with Crippen LogP contribution in [0.4, 0.5) is 0 Å². The van der Waals surface area contributed by atoms with E-state index in [2.05, 4.69) is 12.2 Å². The number of amides is 1. The van der Waals surface area contributed by atoms with Gasteiger partial charge in [0.25, 0.3) is 5.91 Å². The Morgan fingerprint density at radius 3 is 2.64 bits per heavy atom. The van der Waals surface area contributed by atoms with Crippen LogP contribution in [0.15, 0.2) is 34.7 Å². The molecular formula is C17H20ClNO3. The van der Waals surface area contributed by atoms with Crippen LogP contribution in [-0.4, -0.2) is 12.5 Å². The van der Waals surface area contributed by atoms with Gasteiger partial charge >= 0.3 is 0 Å². The maximum Gasteiger partial charge on any atom is 0.287 e. The van der Waals surface area contributed by atoms with E-state index in [-0.39, 0.29) is 11.7 Å². The zero-order chi connectivity index (χ0) is 15.9. The van der Waals surface area contributed by atoms with E-state index in [1.807, 2.05) is 24.3 Å². The number of benzene rings is 1. The minimum absolute atomic E-state index is 0.245. The molecule has 0 unspecified atom stereocenters. The van der Waals surface area contributed by atoms with Gasteiger partial charge in [-0.25, -0.2) is 0 Å². The van der Waals surface area contributed by atoms with Crippen LogP contribution in [0.25, 0.3) is 0 Å². The molecule has 2 rings (SSSR count). The topological polar surface area (TPSA) is 51.5 Å². The number of rotatable bonds is 7. The third kappa shape index (κ3) is 4.28. The lowest BCUT2D eigenvalue weighted by molar-refractivity contribution is 0.0922. The van der Waals surface area contributed by atoms with Crippen LogP contribution in [0.2, 0.25) is 0 Å². The highest BCUT2D eigenvalue weighted by molar-refractivity contribution is 6.17. The molecule has 0 radical (unpaired) electrons. The van der Waals surface area contributed by atoms with Gasteiger partial charge in [-0.1, -0.05) is 19.1 Å². The maximum absolute atomic E-state index is 12.0. The second-order valence-corrected chi connectivity index (χ2v) is 5.27. The first-order valence-electron chi connectivity index (χ1n) is 7.29. The van der Waals surface area contributed by atoms with Crippen molar-refractivity contribution in [3.05, 3.63) is 53.0 Å². The van der Waals surface area contributed by atoms with Gasteiger partial charge in [0.2, 0.25) is 0 Å². The third-order valence-corrected chi connectivity index (χ3v) is 3.53. The Hall–Kier alpha value is -1.94. The Labute approximate surface area is 135 Å². The molecule has 0 aliphatic carbocycles. The van der Waals surface area contributed by atoms with Gasteiger partial charge in [-0.2, -0.15) is 0 Å². The lowest BCUT2D eigenvalue weighted by atomic mass is 10.2. The molecule has 118 valence electrons. The summed E-state index contributed by atoms with van der Waals surface area (Å²) >= 11 is 5.77. The quantitative estimate of drug-likeness (QED) is 0.783. The van der Waals surface area contributed by atoms with E-state index < -0.39 is 0 Å². The van der Waals surface area contributed by atoms with Crippen molar-refractivity contribution in [1.82, 2.24) is 5.32 Å². The second-order valence-electron chi connectivity index (χ2n) is 5.00. The Morgan fingerprint density at radius 2 is 2.05 bits per heavy atom. The number of hydrogen-bond donors (Lipinski definition) is 1. The summed E-state index contributed by atoms with van der Waals surface area (Å²) in [5, 5.41) is 2.83. The third-order valence-electron chi connectivity index (χ3n) is 3.24. The number of aryl methyl sites for hydroxylation is 1. The molecule has 1 aromatic heterocycles. The molecule has 0 bridgehead atoms. The predicted octanol–water partition coefficient (Wildman–Crippen LogP) is 4.05. The van der Waals surface area contributed by atoms with E-state index >= 15 is 0 Å². The molecule has 5 heteroatoms. The molecule has 0 spiro atoms. The first kappa shape index (κ1) is 16.4. The number of alkyl halides is 1. The fraction of sp³-hybridized carbons (Fsp3) is 0.353. The van der Waals surface area contributed by atoms with Crippen LogP contribution < -0.4 is 10.1 Å². The highest BCUT2D eigenvalue weighted by atomic mass is 35.5. The number of furan rings is 1. The average molecular weight is 322 g/mol. The minimum Gasteiger partial charge on any atom is -0.494 e. The number of halogens is 1. The zero-order valence-electron chi connectivity index (χ0n) is 12.8. The Kier molecular flexibility index (Phi) is 5.90. The summed E-state index contributed by atoms with van der Waals surface area (Å²) in [5.74, 6) is 1.90. The van der Waals surface area contributed by atoms with E-state index in [1.165, 1.54) is 0 Å². The van der Waals surface area contributed by atoms with Crippen LogP contribution in [-0.2, 0) is 12.4 Å². The summed E-state index contributed by atoms with van der Waals surface area (Å²) in [4.78, 5) is 12.0. The summed E-state index contributed by atoms with van der Waals surface area (Å²) < 4.78 is 10.9. The summed E-state index contributed by atoms with van der Waals surface area (Å²) in [6.07, 6.45) is 0.977. The molecule has 0 atom stereocenters. The molecule has 0 aliphatic rings. The van der Waals surface area contributed by atoms with Gasteiger partial charge in [0.15, 0.2) is 5.76 Å². The van der Waals surface area contributed by atoms with Crippen LogP contribution in [0.5, 0.6) is 5.75 Å². The van der Waals surface area contributed by atoms with Crippen LogP contribution in [0, 0.1) is 6.92 Å². The SMILES string of the molecule is CCCOc1ccc(CNC(=O)c2cc(CCl)c(C)o2)cc1. The average Bonchev–Trinajstić information content (AvgIpc) is 2.92. The molecule has 22 heavy (non-hydrogen) atoms. The molecule has 4 nitrogen and oxygen atoms in total. The molecule has 1 aromatic carbocycles. The molecule has 0 saturated carbocycles. The molecule has 0 fully saturated rings. The largest absolute Gasteiger partial charge is 0.494 e. The Bertz CT molecular complexity index is 619. The van der Waals surface area contributed by atoms with Crippen molar-refractivity contribution in [1.29, 1.82) is 0 Å². The molecule has 2 aromatic rings. The number of hydrogen-bond acceptors (Lipinski definition) is 3. The predicted molar refractivity (Wildman–Crippen MR) is 86.4 cm³/mol. The first-order valence-corrected chi connectivity index (χ1v) is 7.82. The van der Waals surface area contributed by atoms with Gasteiger partial charge in [0, 0.05) is 12.1 Å². The molecule has 1 heterocycles. The molecule has 1 amide bonds. The summed E-state index contributed by atoms with van der Waals surface area (Å²) in [6.45, 7) is 5.00. The lowest BCUT2D eigenvalue weighted by Crippen LogP contribution is -2.22. The van der Waals surface area contributed by atoms with Crippen LogP contribution in [0.3, 0.4) is 0 Å². The second kappa shape index (κ2) is 7.90. The van der Waals surface area contributed by atoms with Crippen molar-refractivity contribution in [2.45, 2.75) is 32.7 Å². The molecule has 0 aliphatic heterocycles. The van der Waals surface area contributed by atoms with E-state index in [0.29, 0.717) is 24.8 Å². The van der Waals surface area contributed by atoms with Crippen molar-refractivity contribution in [2.24, 2.45) is 0 Å². The number of carbonyl (C=O) groups excluding carboxylic acids is 1. The van der Waals surface area contributed by atoms with Crippen LogP contribution >= 0.6 is 11.6 Å². The monoisotopic (exact) mass is 321 g/mol. The standard InChI is InChI=1S/C17H20ClNO3/c1-3-8-21-15-6-4-13(5-7-15)11-19-17(20)16-9-14(10-18)12(2)22-16/h4-7,9H,3,8,10-11H2,1-2H3,(H,19,20). The fourth-order valence-corrected chi connectivity index (χ4v) is 2.22. The fourth-order valence-electron chi connectivity index (χ4n) is 1.96. The highest BCUT2D eigenvalue weighted by Crippen LogP contribution is 2.17. The normalized spacial score (nSPS) is 10.5. The first-order chi connectivity index (χ1) is 10.6. The minimum atomic E-state index is -0.245. The zero-order valence-corrected chi connectivity index (χ0v) is 13.6. The van der Waals surface area contributed by atoms with Gasteiger partial charge in [-0.3, -0.25) is 4.79 Å². The molecule has 0 saturated heterocycles. The van der Waals surface area contributed by atoms with Crippen molar-refractivity contribution < 1.29 is 13.9 Å². The van der Waals surface area contributed by atoms with Crippen molar-refractivity contribution >= 4 is 17.5 Å². The van der Waals surface area contributed by atoms with Gasteiger partial charge in [-0.15, -0.1) is 11.6 Å². The lowest BCUT2D eigenvalue weighted by Gasteiger charge is -2.06. The molecular weight excluding hydrogens is 302 g/mol. The van der Waals surface area contributed by atoms with E-state index in [1.54, 1.807) is 13.0 Å². The van der Waals surface area contributed by atoms with Gasteiger partial charge < -0.3 is 14.5 Å². The Morgan fingerprint density at radius 1 is 1.32 bits per heavy atom. The van der Waals surface area contributed by atoms with E-state index in [9.17, 15) is 4.79 Å². The van der Waals surface area contributed by atoms with Crippen molar-refractivity contribution in [3.8, 4) is 5.75 Å². The van der Waals surface area contributed by atoms with Crippen molar-refractivity contribution in [3.63, 3.8) is 0 Å². The van der Waals surface area contributed by atoms with Crippen molar-refractivity contribution in [2.75, 3.05) is 6.61 Å². The smallest absolute Gasteiger partial charge is 0.287 e. The van der Waals surface area contributed by atoms with Crippen LogP contribution in [0.1, 0.15) is 40.8 Å². The van der Waals surface area contributed by atoms with Gasteiger partial charge in [-0.05, 0) is 37.1 Å². The Balaban J connectivity index is 1.90. The van der Waals surface area contributed by atoms with Gasteiger partial charge in [0.05, 0.1) is 12.5 Å². The van der Waals surface area contributed by atoms with E-state index in [0.717, 1.165) is 23.3 Å². The summed E-state index contributed by atoms with van der Waals surface area (Å²) in [7, 11) is 0.